The largest absolute Gasteiger partial charge is 0.389 e. The predicted octanol–water partition coefficient (Wildman–Crippen LogP) is 2.62. The van der Waals surface area contributed by atoms with Gasteiger partial charge in [0, 0.05) is 35.8 Å². The van der Waals surface area contributed by atoms with Gasteiger partial charge >= 0.3 is 0 Å². The molecule has 0 unspecified atom stereocenters. The summed E-state index contributed by atoms with van der Waals surface area (Å²) in [7, 11) is 0. The van der Waals surface area contributed by atoms with Gasteiger partial charge in [-0.3, -0.25) is 0 Å². The molecule has 0 aliphatic carbocycles. The number of thiocarbonyl (C=S) groups is 1. The molecule has 0 bridgehead atoms. The highest BCUT2D eigenvalue weighted by Crippen LogP contribution is 2.20. The minimum Gasteiger partial charge on any atom is -0.389 e. The van der Waals surface area contributed by atoms with Crippen molar-refractivity contribution < 1.29 is 0 Å². The normalized spacial score (nSPS) is 11.3. The molecule has 2 aromatic rings. The molecule has 0 spiro atoms. The molecule has 0 fully saturated rings. The molecule has 0 atom stereocenters. The second-order valence-corrected chi connectivity index (χ2v) is 5.08. The lowest BCUT2D eigenvalue weighted by atomic mass is 10.1. The summed E-state index contributed by atoms with van der Waals surface area (Å²) >= 11 is 5.10. The van der Waals surface area contributed by atoms with Crippen LogP contribution in [0.1, 0.15) is 19.4 Å². The van der Waals surface area contributed by atoms with E-state index in [9.17, 15) is 0 Å². The maximum absolute atomic E-state index is 5.77. The van der Waals surface area contributed by atoms with E-state index in [0.717, 1.165) is 37.1 Å². The first kappa shape index (κ1) is 14.0. The Hall–Kier alpha value is -1.39. The van der Waals surface area contributed by atoms with E-state index < -0.39 is 0 Å². The fourth-order valence-corrected chi connectivity index (χ4v) is 2.60. The number of hydrogen-bond donors (Lipinski definition) is 1. The molecule has 19 heavy (non-hydrogen) atoms. The summed E-state index contributed by atoms with van der Waals surface area (Å²) in [5.41, 5.74) is 7.94. The second kappa shape index (κ2) is 6.17. The van der Waals surface area contributed by atoms with Crippen LogP contribution in [0.25, 0.3) is 10.9 Å². The minimum atomic E-state index is 0.465. The van der Waals surface area contributed by atoms with Gasteiger partial charge in [0.05, 0.1) is 0 Å². The number of nitrogens with zero attached hydrogens (tertiary/aromatic N) is 2. The molecule has 0 amide bonds. The summed E-state index contributed by atoms with van der Waals surface area (Å²) in [6, 6.07) is 8.23. The molecule has 1 heterocycles. The molecule has 1 aromatic carbocycles. The maximum Gasteiger partial charge on any atom is 0.104 e. The van der Waals surface area contributed by atoms with Gasteiger partial charge in [-0.15, -0.1) is 0 Å². The Kier molecular flexibility index (Phi) is 4.56. The summed E-state index contributed by atoms with van der Waals surface area (Å²) in [5.74, 6) is 0. The van der Waals surface area contributed by atoms with Crippen molar-refractivity contribution in [2.75, 3.05) is 19.6 Å². The molecule has 4 heteroatoms. The highest BCUT2D eigenvalue weighted by molar-refractivity contribution is 7.80. The van der Waals surface area contributed by atoms with Crippen LogP contribution in [0.2, 0.25) is 0 Å². The molecule has 0 radical (unpaired) electrons. The average molecular weight is 275 g/mol. The van der Waals surface area contributed by atoms with E-state index in [1.807, 2.05) is 12.1 Å². The van der Waals surface area contributed by atoms with Crippen LogP contribution in [-0.4, -0.2) is 34.1 Å². The molecule has 3 nitrogen and oxygen atoms in total. The van der Waals surface area contributed by atoms with Gasteiger partial charge in [0.15, 0.2) is 0 Å². The van der Waals surface area contributed by atoms with E-state index in [4.69, 9.17) is 18.0 Å². The Morgan fingerprint density at radius 1 is 1.26 bits per heavy atom. The zero-order valence-electron chi connectivity index (χ0n) is 11.6. The predicted molar refractivity (Wildman–Crippen MR) is 85.6 cm³/mol. The van der Waals surface area contributed by atoms with E-state index in [1.54, 1.807) is 0 Å². The Morgan fingerprint density at radius 3 is 2.63 bits per heavy atom. The lowest BCUT2D eigenvalue weighted by Crippen LogP contribution is -2.26. The summed E-state index contributed by atoms with van der Waals surface area (Å²) in [6.45, 7) is 8.63. The first-order valence-electron chi connectivity index (χ1n) is 6.77. The lowest BCUT2D eigenvalue weighted by molar-refractivity contribution is 0.292. The van der Waals surface area contributed by atoms with Crippen molar-refractivity contribution in [1.82, 2.24) is 9.47 Å². The van der Waals surface area contributed by atoms with Gasteiger partial charge in [-0.1, -0.05) is 38.2 Å². The number of likely N-dealkylation sites (N-methyl/N-ethyl adjacent to an activating group) is 1. The molecule has 2 N–H and O–H groups in total. The van der Waals surface area contributed by atoms with Crippen molar-refractivity contribution in [2.24, 2.45) is 5.73 Å². The molecule has 2 rings (SSSR count). The zero-order valence-corrected chi connectivity index (χ0v) is 12.4. The van der Waals surface area contributed by atoms with Crippen molar-refractivity contribution in [3.63, 3.8) is 0 Å². The van der Waals surface area contributed by atoms with Gasteiger partial charge in [-0.05, 0) is 25.2 Å². The van der Waals surface area contributed by atoms with Crippen LogP contribution in [0.3, 0.4) is 0 Å². The van der Waals surface area contributed by atoms with Crippen LogP contribution in [-0.2, 0) is 6.54 Å². The minimum absolute atomic E-state index is 0.465. The quantitative estimate of drug-likeness (QED) is 0.823. The number of benzene rings is 1. The third kappa shape index (κ3) is 2.96. The van der Waals surface area contributed by atoms with Crippen molar-refractivity contribution in [2.45, 2.75) is 20.4 Å². The van der Waals surface area contributed by atoms with Crippen molar-refractivity contribution >= 4 is 28.1 Å². The highest BCUT2D eigenvalue weighted by Gasteiger charge is 2.08. The van der Waals surface area contributed by atoms with Gasteiger partial charge in [0.2, 0.25) is 0 Å². The van der Waals surface area contributed by atoms with Gasteiger partial charge in [0.1, 0.15) is 4.99 Å². The fourth-order valence-electron chi connectivity index (χ4n) is 2.42. The van der Waals surface area contributed by atoms with Crippen molar-refractivity contribution in [3.8, 4) is 0 Å². The Morgan fingerprint density at radius 2 is 2.00 bits per heavy atom. The van der Waals surface area contributed by atoms with Crippen LogP contribution >= 0.6 is 12.2 Å². The van der Waals surface area contributed by atoms with Crippen LogP contribution in [0.15, 0.2) is 30.5 Å². The van der Waals surface area contributed by atoms with Gasteiger partial charge in [-0.25, -0.2) is 0 Å². The number of fused-ring (bicyclic) bond motifs is 1. The van der Waals surface area contributed by atoms with Crippen LogP contribution in [0, 0.1) is 0 Å². The first-order chi connectivity index (χ1) is 9.17. The van der Waals surface area contributed by atoms with E-state index >= 15 is 0 Å². The number of aromatic nitrogens is 1. The molecule has 0 aliphatic heterocycles. The number of rotatable bonds is 6. The third-order valence-electron chi connectivity index (χ3n) is 3.63. The second-order valence-electron chi connectivity index (χ2n) is 4.64. The molecule has 0 saturated carbocycles. The van der Waals surface area contributed by atoms with Gasteiger partial charge in [0.25, 0.3) is 0 Å². The first-order valence-corrected chi connectivity index (χ1v) is 7.18. The maximum atomic E-state index is 5.77. The summed E-state index contributed by atoms with van der Waals surface area (Å²) < 4.78 is 2.27. The molecule has 1 aromatic heterocycles. The van der Waals surface area contributed by atoms with Gasteiger partial charge < -0.3 is 15.2 Å². The number of hydrogen-bond acceptors (Lipinski definition) is 2. The van der Waals surface area contributed by atoms with Crippen LogP contribution in [0.5, 0.6) is 0 Å². The molecule has 0 aliphatic rings. The molecular weight excluding hydrogens is 254 g/mol. The molecular formula is C15H21N3S. The van der Waals surface area contributed by atoms with E-state index in [1.165, 1.54) is 5.52 Å². The zero-order chi connectivity index (χ0) is 13.8. The monoisotopic (exact) mass is 275 g/mol. The van der Waals surface area contributed by atoms with E-state index in [-0.39, 0.29) is 0 Å². The average Bonchev–Trinajstić information content (AvgIpc) is 2.83. The summed E-state index contributed by atoms with van der Waals surface area (Å²) in [6.07, 6.45) is 2.12. The molecule has 102 valence electrons. The van der Waals surface area contributed by atoms with Crippen molar-refractivity contribution in [3.05, 3.63) is 36.0 Å². The standard InChI is InChI=1S/C15H21N3S/c1-3-17(4-2)10-11-18-9-8-12-13(15(16)19)6-5-7-14(12)18/h5-9H,3-4,10-11H2,1-2H3,(H2,16,19). The van der Waals surface area contributed by atoms with Crippen molar-refractivity contribution in [1.29, 1.82) is 0 Å². The summed E-state index contributed by atoms with van der Waals surface area (Å²) in [5, 5.41) is 1.15. The number of nitrogens with two attached hydrogens (primary N) is 1. The third-order valence-corrected chi connectivity index (χ3v) is 3.85. The van der Waals surface area contributed by atoms with Crippen LogP contribution in [0.4, 0.5) is 0 Å². The van der Waals surface area contributed by atoms with Gasteiger partial charge in [-0.2, -0.15) is 0 Å². The van der Waals surface area contributed by atoms with E-state index in [0.29, 0.717) is 4.99 Å². The lowest BCUT2D eigenvalue weighted by Gasteiger charge is -2.18. The Balaban J connectivity index is 2.26. The topological polar surface area (TPSA) is 34.2 Å². The summed E-state index contributed by atoms with van der Waals surface area (Å²) in [4.78, 5) is 2.88. The smallest absolute Gasteiger partial charge is 0.104 e. The SMILES string of the molecule is CCN(CC)CCn1ccc2c(C(N)=S)cccc21. The Bertz CT molecular complexity index is 570. The van der Waals surface area contributed by atoms with Crippen LogP contribution < -0.4 is 5.73 Å². The highest BCUT2D eigenvalue weighted by atomic mass is 32.1. The fraction of sp³-hybridized carbons (Fsp3) is 0.400. The Labute approximate surface area is 120 Å². The molecule has 0 saturated heterocycles. The van der Waals surface area contributed by atoms with E-state index in [2.05, 4.69) is 41.6 Å².